The summed E-state index contributed by atoms with van der Waals surface area (Å²) in [4.78, 5) is 10.6. The van der Waals surface area contributed by atoms with Crippen molar-refractivity contribution in [3.8, 4) is 0 Å². The SMILES string of the molecule is CC(=O)C(CO)N(C)[As]. The molecule has 0 bridgehead atoms. The monoisotopic (exact) mass is 191 g/mol. The molecule has 0 aliphatic rings. The third kappa shape index (κ3) is 2.99. The normalized spacial score (nSPS) is 13.9. The van der Waals surface area contributed by atoms with Crippen LogP contribution in [0.5, 0.6) is 0 Å². The van der Waals surface area contributed by atoms with E-state index in [2.05, 4.69) is 17.1 Å². The fourth-order valence-electron chi connectivity index (χ4n) is 0.510. The number of aliphatic hydroxyl groups is 1. The second-order valence-corrected chi connectivity index (χ2v) is 3.21. The van der Waals surface area contributed by atoms with Crippen molar-refractivity contribution in [3.05, 3.63) is 0 Å². The molecule has 1 unspecified atom stereocenters. The van der Waals surface area contributed by atoms with Crippen molar-refractivity contribution in [1.82, 2.24) is 3.82 Å². The Kier molecular flexibility index (Phi) is 4.11. The number of Topliss-reactive ketones (excluding diaryl/α,β-unsaturated/α-hetero) is 1. The van der Waals surface area contributed by atoms with E-state index in [4.69, 9.17) is 5.11 Å². The van der Waals surface area contributed by atoms with Crippen molar-refractivity contribution < 1.29 is 9.90 Å². The first kappa shape index (κ1) is 9.15. The van der Waals surface area contributed by atoms with Gasteiger partial charge in [-0.05, 0) is 0 Å². The third-order valence-corrected chi connectivity index (χ3v) is 1.68. The number of hydrogen-bond donors (Lipinski definition) is 1. The third-order valence-electron chi connectivity index (χ3n) is 1.09. The van der Waals surface area contributed by atoms with Crippen molar-refractivity contribution in [2.75, 3.05) is 13.7 Å². The molecule has 0 heterocycles. The number of carbonyl (C=O) groups excluding carboxylic acids is 1. The van der Waals surface area contributed by atoms with Crippen LogP contribution in [0.4, 0.5) is 0 Å². The van der Waals surface area contributed by atoms with Gasteiger partial charge in [-0.2, -0.15) is 0 Å². The van der Waals surface area contributed by atoms with Gasteiger partial charge in [0.25, 0.3) is 0 Å². The molecule has 2 radical (unpaired) electrons. The van der Waals surface area contributed by atoms with Crippen molar-refractivity contribution in [3.63, 3.8) is 0 Å². The number of aliphatic hydroxyl groups excluding tert-OH is 1. The van der Waals surface area contributed by atoms with Gasteiger partial charge < -0.3 is 0 Å². The summed E-state index contributed by atoms with van der Waals surface area (Å²) in [5.74, 6) is -0.0133. The molecule has 0 aromatic carbocycles. The van der Waals surface area contributed by atoms with E-state index in [1.807, 2.05) is 0 Å². The predicted molar refractivity (Wildman–Crippen MR) is 35.1 cm³/mol. The molecular weight excluding hydrogens is 181 g/mol. The van der Waals surface area contributed by atoms with E-state index in [1.54, 1.807) is 10.9 Å². The van der Waals surface area contributed by atoms with Crippen LogP contribution in [0.1, 0.15) is 6.92 Å². The molecule has 1 N–H and O–H groups in total. The predicted octanol–water partition coefficient (Wildman–Crippen LogP) is -1.05. The summed E-state index contributed by atoms with van der Waals surface area (Å²) in [7, 11) is 1.74. The van der Waals surface area contributed by atoms with E-state index in [0.29, 0.717) is 0 Å². The van der Waals surface area contributed by atoms with E-state index >= 15 is 0 Å². The van der Waals surface area contributed by atoms with Gasteiger partial charge in [-0.15, -0.1) is 0 Å². The molecule has 0 aliphatic carbocycles. The summed E-state index contributed by atoms with van der Waals surface area (Å²) >= 11 is 2.20. The van der Waals surface area contributed by atoms with Gasteiger partial charge in [0.15, 0.2) is 0 Å². The van der Waals surface area contributed by atoms with E-state index in [9.17, 15) is 4.79 Å². The van der Waals surface area contributed by atoms with E-state index in [1.165, 1.54) is 6.92 Å². The van der Waals surface area contributed by atoms with Crippen LogP contribution in [-0.4, -0.2) is 51.5 Å². The minimum atomic E-state index is -0.356. The standard InChI is InChI=1S/C5H10AsNO2/c1-4(9)5(3-8)7(2)6/h5,8H,3H2,1-2H3. The molecular formula is C5H10AsNO2. The Bertz CT molecular complexity index is 105. The Morgan fingerprint density at radius 1 is 1.89 bits per heavy atom. The first-order valence-corrected chi connectivity index (χ1v) is 3.46. The molecule has 3 nitrogen and oxygen atoms in total. The Morgan fingerprint density at radius 3 is 2.33 bits per heavy atom. The van der Waals surface area contributed by atoms with Gasteiger partial charge in [-0.1, -0.05) is 0 Å². The van der Waals surface area contributed by atoms with Gasteiger partial charge in [0.1, 0.15) is 0 Å². The summed E-state index contributed by atoms with van der Waals surface area (Å²) < 4.78 is 1.63. The van der Waals surface area contributed by atoms with Crippen LogP contribution >= 0.6 is 0 Å². The molecule has 0 aliphatic heterocycles. The van der Waals surface area contributed by atoms with Gasteiger partial charge in [0.2, 0.25) is 0 Å². The zero-order valence-electron chi connectivity index (χ0n) is 5.53. The zero-order valence-corrected chi connectivity index (χ0v) is 7.41. The Labute approximate surface area is 63.8 Å². The average Bonchev–Trinajstić information content (AvgIpc) is 1.64. The Morgan fingerprint density at radius 2 is 2.33 bits per heavy atom. The van der Waals surface area contributed by atoms with Crippen LogP contribution < -0.4 is 0 Å². The first-order valence-electron chi connectivity index (χ1n) is 2.62. The zero-order chi connectivity index (χ0) is 7.44. The van der Waals surface area contributed by atoms with Crippen molar-refractivity contribution in [2.45, 2.75) is 13.0 Å². The molecule has 0 saturated carbocycles. The molecule has 0 saturated heterocycles. The van der Waals surface area contributed by atoms with Crippen molar-refractivity contribution in [1.29, 1.82) is 0 Å². The number of rotatable bonds is 3. The van der Waals surface area contributed by atoms with Crippen LogP contribution in [0.15, 0.2) is 0 Å². The summed E-state index contributed by atoms with van der Waals surface area (Å²) in [6.45, 7) is 1.35. The fourth-order valence-corrected chi connectivity index (χ4v) is 1.00. The molecule has 0 aromatic heterocycles. The van der Waals surface area contributed by atoms with Crippen LogP contribution in [0.2, 0.25) is 0 Å². The van der Waals surface area contributed by atoms with Gasteiger partial charge >= 0.3 is 63.2 Å². The van der Waals surface area contributed by atoms with Crippen molar-refractivity contribution in [2.24, 2.45) is 0 Å². The second-order valence-electron chi connectivity index (χ2n) is 1.88. The summed E-state index contributed by atoms with van der Waals surface area (Å²) in [5, 5.41) is 8.59. The summed E-state index contributed by atoms with van der Waals surface area (Å²) in [6, 6.07) is -0.356. The summed E-state index contributed by atoms with van der Waals surface area (Å²) in [6.07, 6.45) is 0. The molecule has 0 fully saturated rings. The summed E-state index contributed by atoms with van der Waals surface area (Å²) in [5.41, 5.74) is 0. The van der Waals surface area contributed by atoms with E-state index in [0.717, 1.165) is 0 Å². The molecule has 0 rings (SSSR count). The van der Waals surface area contributed by atoms with Crippen molar-refractivity contribution >= 4 is 22.9 Å². The van der Waals surface area contributed by atoms with Crippen LogP contribution in [0.3, 0.4) is 0 Å². The van der Waals surface area contributed by atoms with Gasteiger partial charge in [0.05, 0.1) is 0 Å². The van der Waals surface area contributed by atoms with E-state index in [-0.39, 0.29) is 18.4 Å². The van der Waals surface area contributed by atoms with Crippen LogP contribution in [-0.2, 0) is 4.79 Å². The quantitative estimate of drug-likeness (QED) is 0.579. The van der Waals surface area contributed by atoms with Crippen LogP contribution in [0, 0.1) is 0 Å². The maximum atomic E-state index is 10.6. The minimum absolute atomic E-state index is 0.0133. The molecule has 0 amide bonds. The second kappa shape index (κ2) is 4.04. The molecule has 9 heavy (non-hydrogen) atoms. The number of ketones is 1. The first-order chi connectivity index (χ1) is 4.09. The van der Waals surface area contributed by atoms with E-state index < -0.39 is 0 Å². The van der Waals surface area contributed by atoms with Crippen LogP contribution in [0.25, 0.3) is 0 Å². The average molecular weight is 191 g/mol. The number of hydrogen-bond acceptors (Lipinski definition) is 3. The fraction of sp³-hybridized carbons (Fsp3) is 0.800. The Balaban J connectivity index is 3.83. The molecule has 1 atom stereocenters. The van der Waals surface area contributed by atoms with Gasteiger partial charge in [-0.25, -0.2) is 0 Å². The molecule has 0 spiro atoms. The molecule has 4 heteroatoms. The number of nitrogens with zero attached hydrogens (tertiary/aromatic N) is 1. The topological polar surface area (TPSA) is 40.5 Å². The van der Waals surface area contributed by atoms with Gasteiger partial charge in [0, 0.05) is 0 Å². The Hall–Kier alpha value is 0.148. The van der Waals surface area contributed by atoms with Gasteiger partial charge in [-0.3, -0.25) is 0 Å². The number of likely N-dealkylation sites (N-methyl/N-ethyl adjacent to an activating group) is 1. The number of carbonyl (C=O) groups is 1. The molecule has 52 valence electrons. The molecule has 0 aromatic rings. The maximum absolute atomic E-state index is 10.6.